The van der Waals surface area contributed by atoms with Crippen molar-refractivity contribution in [2.75, 3.05) is 31.6 Å². The Morgan fingerprint density at radius 1 is 1.43 bits per heavy atom. The van der Waals surface area contributed by atoms with Crippen LogP contribution in [0.2, 0.25) is 0 Å². The lowest BCUT2D eigenvalue weighted by Crippen LogP contribution is -2.43. The van der Waals surface area contributed by atoms with Crippen LogP contribution in [0.3, 0.4) is 0 Å². The molecule has 0 bridgehead atoms. The van der Waals surface area contributed by atoms with Gasteiger partial charge in [0.2, 0.25) is 0 Å². The van der Waals surface area contributed by atoms with Crippen LogP contribution in [0.15, 0.2) is 18.2 Å². The smallest absolute Gasteiger partial charge is 0.254 e. The Kier molecular flexibility index (Phi) is 4.44. The van der Waals surface area contributed by atoms with Crippen LogP contribution in [0, 0.1) is 0 Å². The van der Waals surface area contributed by atoms with Gasteiger partial charge in [0.1, 0.15) is 0 Å². The van der Waals surface area contributed by atoms with Gasteiger partial charge in [-0.3, -0.25) is 4.79 Å². The predicted octanol–water partition coefficient (Wildman–Crippen LogP) is 2.69. The van der Waals surface area contributed by atoms with Crippen LogP contribution in [-0.2, 0) is 11.2 Å². The van der Waals surface area contributed by atoms with Crippen molar-refractivity contribution in [1.29, 1.82) is 0 Å². The number of anilines is 1. The highest BCUT2D eigenvalue weighted by atomic mass is 16.5. The quantitative estimate of drug-likeness (QED) is 0.930. The van der Waals surface area contributed by atoms with E-state index in [1.54, 1.807) is 0 Å². The molecule has 3 rings (SSSR count). The van der Waals surface area contributed by atoms with Crippen molar-refractivity contribution in [3.8, 4) is 0 Å². The molecule has 1 unspecified atom stereocenters. The van der Waals surface area contributed by atoms with E-state index in [4.69, 9.17) is 4.74 Å². The van der Waals surface area contributed by atoms with E-state index < -0.39 is 0 Å². The molecule has 2 aliphatic heterocycles. The number of piperidine rings is 1. The summed E-state index contributed by atoms with van der Waals surface area (Å²) in [6.45, 7) is 5.31. The van der Waals surface area contributed by atoms with Crippen LogP contribution in [0.5, 0.6) is 0 Å². The van der Waals surface area contributed by atoms with E-state index in [1.165, 1.54) is 5.56 Å². The van der Waals surface area contributed by atoms with Gasteiger partial charge in [-0.05, 0) is 50.3 Å². The zero-order chi connectivity index (χ0) is 14.7. The van der Waals surface area contributed by atoms with E-state index >= 15 is 0 Å². The van der Waals surface area contributed by atoms with E-state index in [0.29, 0.717) is 0 Å². The van der Waals surface area contributed by atoms with Gasteiger partial charge in [0.25, 0.3) is 5.91 Å². The molecule has 1 amide bonds. The predicted molar refractivity (Wildman–Crippen MR) is 83.8 cm³/mol. The van der Waals surface area contributed by atoms with E-state index in [9.17, 15) is 4.79 Å². The van der Waals surface area contributed by atoms with Gasteiger partial charge in [0.15, 0.2) is 0 Å². The number of amides is 1. The first-order valence-corrected chi connectivity index (χ1v) is 8.06. The molecule has 1 saturated heterocycles. The Morgan fingerprint density at radius 3 is 3.19 bits per heavy atom. The molecule has 2 heterocycles. The summed E-state index contributed by atoms with van der Waals surface area (Å²) >= 11 is 0. The van der Waals surface area contributed by atoms with Crippen molar-refractivity contribution >= 4 is 11.6 Å². The van der Waals surface area contributed by atoms with Gasteiger partial charge in [-0.2, -0.15) is 0 Å². The van der Waals surface area contributed by atoms with Crippen molar-refractivity contribution in [2.45, 2.75) is 38.7 Å². The molecule has 0 spiro atoms. The standard InChI is InChI=1S/C17H24N2O2/c1-2-21-13-6-5-11-19(12-13)17(20)15-7-3-9-16-14(15)8-4-10-18-16/h3,7,9,13,18H,2,4-6,8,10-12H2,1H3. The zero-order valence-corrected chi connectivity index (χ0v) is 12.7. The molecule has 1 atom stereocenters. The summed E-state index contributed by atoms with van der Waals surface area (Å²) in [5.41, 5.74) is 3.19. The van der Waals surface area contributed by atoms with Gasteiger partial charge in [0.05, 0.1) is 6.10 Å². The van der Waals surface area contributed by atoms with E-state index in [1.807, 2.05) is 24.0 Å². The summed E-state index contributed by atoms with van der Waals surface area (Å²) in [6, 6.07) is 6.03. The molecule has 0 aromatic heterocycles. The Hall–Kier alpha value is -1.55. The van der Waals surface area contributed by atoms with E-state index in [0.717, 1.165) is 63.2 Å². The number of rotatable bonds is 3. The van der Waals surface area contributed by atoms with Crippen LogP contribution < -0.4 is 5.32 Å². The largest absolute Gasteiger partial charge is 0.385 e. The number of nitrogens with zero attached hydrogens (tertiary/aromatic N) is 1. The molecule has 114 valence electrons. The van der Waals surface area contributed by atoms with E-state index in [-0.39, 0.29) is 12.0 Å². The molecule has 4 heteroatoms. The number of nitrogens with one attached hydrogen (secondary N) is 1. The Bertz CT molecular complexity index is 514. The van der Waals surface area contributed by atoms with Crippen LogP contribution >= 0.6 is 0 Å². The normalized spacial score (nSPS) is 21.6. The minimum atomic E-state index is 0.167. The number of hydrogen-bond donors (Lipinski definition) is 1. The lowest BCUT2D eigenvalue weighted by molar-refractivity contribution is 0.00720. The zero-order valence-electron chi connectivity index (χ0n) is 12.7. The third kappa shape index (κ3) is 3.05. The highest BCUT2D eigenvalue weighted by molar-refractivity contribution is 5.97. The van der Waals surface area contributed by atoms with Gasteiger partial charge in [0, 0.05) is 37.5 Å². The molecule has 1 N–H and O–H groups in total. The molecule has 21 heavy (non-hydrogen) atoms. The maximum Gasteiger partial charge on any atom is 0.254 e. The Morgan fingerprint density at radius 2 is 2.33 bits per heavy atom. The number of fused-ring (bicyclic) bond motifs is 1. The molecule has 0 radical (unpaired) electrons. The monoisotopic (exact) mass is 288 g/mol. The first-order valence-electron chi connectivity index (χ1n) is 8.06. The fourth-order valence-electron chi connectivity index (χ4n) is 3.38. The second-order valence-corrected chi connectivity index (χ2v) is 5.83. The summed E-state index contributed by atoms with van der Waals surface area (Å²) in [5.74, 6) is 0.167. The van der Waals surface area contributed by atoms with Gasteiger partial charge < -0.3 is 15.0 Å². The Labute approximate surface area is 126 Å². The maximum atomic E-state index is 12.9. The molecule has 0 aliphatic carbocycles. The SMILES string of the molecule is CCOC1CCCN(C(=O)c2cccc3c2CCCN3)C1. The number of likely N-dealkylation sites (tertiary alicyclic amines) is 1. The lowest BCUT2D eigenvalue weighted by Gasteiger charge is -2.33. The molecular weight excluding hydrogens is 264 g/mol. The van der Waals surface area contributed by atoms with Gasteiger partial charge in [-0.1, -0.05) is 6.07 Å². The summed E-state index contributed by atoms with van der Waals surface area (Å²) in [5, 5.41) is 3.39. The minimum absolute atomic E-state index is 0.167. The summed E-state index contributed by atoms with van der Waals surface area (Å²) in [6.07, 6.45) is 4.38. The Balaban J connectivity index is 1.79. The number of hydrogen-bond acceptors (Lipinski definition) is 3. The molecule has 1 aromatic carbocycles. The topological polar surface area (TPSA) is 41.6 Å². The highest BCUT2D eigenvalue weighted by Crippen LogP contribution is 2.27. The van der Waals surface area contributed by atoms with Crippen LogP contribution in [0.1, 0.15) is 42.1 Å². The first-order chi connectivity index (χ1) is 10.3. The third-order valence-corrected chi connectivity index (χ3v) is 4.39. The lowest BCUT2D eigenvalue weighted by atomic mass is 9.96. The number of ether oxygens (including phenoxy) is 1. The highest BCUT2D eigenvalue weighted by Gasteiger charge is 2.27. The molecule has 1 aromatic rings. The average Bonchev–Trinajstić information content (AvgIpc) is 2.54. The fourth-order valence-corrected chi connectivity index (χ4v) is 3.38. The number of carbonyl (C=O) groups is 1. The van der Waals surface area contributed by atoms with Crippen molar-refractivity contribution in [2.24, 2.45) is 0 Å². The van der Waals surface area contributed by atoms with Crippen molar-refractivity contribution in [3.63, 3.8) is 0 Å². The minimum Gasteiger partial charge on any atom is -0.385 e. The van der Waals surface area contributed by atoms with Crippen molar-refractivity contribution in [1.82, 2.24) is 4.90 Å². The molecular formula is C17H24N2O2. The van der Waals surface area contributed by atoms with Crippen LogP contribution in [-0.4, -0.2) is 43.2 Å². The second-order valence-electron chi connectivity index (χ2n) is 5.83. The molecule has 0 saturated carbocycles. The van der Waals surface area contributed by atoms with Crippen LogP contribution in [0.25, 0.3) is 0 Å². The third-order valence-electron chi connectivity index (χ3n) is 4.39. The van der Waals surface area contributed by atoms with Crippen molar-refractivity contribution < 1.29 is 9.53 Å². The molecule has 4 nitrogen and oxygen atoms in total. The fraction of sp³-hybridized carbons (Fsp3) is 0.588. The first kappa shape index (κ1) is 14.4. The van der Waals surface area contributed by atoms with Gasteiger partial charge in [-0.15, -0.1) is 0 Å². The summed E-state index contributed by atoms with van der Waals surface area (Å²) in [4.78, 5) is 14.8. The van der Waals surface area contributed by atoms with Gasteiger partial charge >= 0.3 is 0 Å². The molecule has 1 fully saturated rings. The van der Waals surface area contributed by atoms with Crippen molar-refractivity contribution in [3.05, 3.63) is 29.3 Å². The van der Waals surface area contributed by atoms with Crippen LogP contribution in [0.4, 0.5) is 5.69 Å². The van der Waals surface area contributed by atoms with E-state index in [2.05, 4.69) is 11.4 Å². The number of benzene rings is 1. The summed E-state index contributed by atoms with van der Waals surface area (Å²) in [7, 11) is 0. The maximum absolute atomic E-state index is 12.9. The summed E-state index contributed by atoms with van der Waals surface area (Å²) < 4.78 is 5.71. The average molecular weight is 288 g/mol. The second kappa shape index (κ2) is 6.48. The number of carbonyl (C=O) groups excluding carboxylic acids is 1. The molecule has 2 aliphatic rings. The van der Waals surface area contributed by atoms with Gasteiger partial charge in [-0.25, -0.2) is 0 Å².